The molecule has 0 saturated heterocycles. The second kappa shape index (κ2) is 5.80. The minimum atomic E-state index is -3.98. The third-order valence-electron chi connectivity index (χ3n) is 2.70. The zero-order valence-electron chi connectivity index (χ0n) is 10.6. The van der Waals surface area contributed by atoms with Crippen LogP contribution in [0.2, 0.25) is 0 Å². The SMILES string of the molecule is O=c1oc2cc(Br)c(OS(=O)(=O)c3ccccc3)c(Br)c2s1. The standard InChI is InChI=1S/C13H6Br2O5S2/c14-8-6-9-12(21-13(16)19-9)10(15)11(8)20-22(17,18)7-4-2-1-3-5-7/h1-6H. The zero-order valence-corrected chi connectivity index (χ0v) is 15.4. The lowest BCUT2D eigenvalue weighted by Gasteiger charge is -2.10. The molecule has 0 amide bonds. The van der Waals surface area contributed by atoms with Gasteiger partial charge in [-0.3, -0.25) is 0 Å². The predicted octanol–water partition coefficient (Wildman–Crippen LogP) is 4.15. The van der Waals surface area contributed by atoms with Gasteiger partial charge >= 0.3 is 15.1 Å². The number of halogens is 2. The fourth-order valence-corrected chi connectivity index (χ4v) is 5.11. The minimum Gasteiger partial charge on any atom is -0.414 e. The zero-order chi connectivity index (χ0) is 15.9. The molecule has 22 heavy (non-hydrogen) atoms. The van der Waals surface area contributed by atoms with E-state index in [1.165, 1.54) is 18.2 Å². The van der Waals surface area contributed by atoms with E-state index in [9.17, 15) is 13.2 Å². The first-order valence-electron chi connectivity index (χ1n) is 5.79. The van der Waals surface area contributed by atoms with Crippen molar-refractivity contribution in [1.82, 2.24) is 0 Å². The third-order valence-corrected chi connectivity index (χ3v) is 6.40. The van der Waals surface area contributed by atoms with Gasteiger partial charge in [-0.05, 0) is 44.0 Å². The van der Waals surface area contributed by atoms with Crippen molar-refractivity contribution >= 4 is 63.6 Å². The number of hydrogen-bond donors (Lipinski definition) is 0. The number of rotatable bonds is 3. The molecule has 0 atom stereocenters. The van der Waals surface area contributed by atoms with E-state index in [0.717, 1.165) is 11.3 Å². The van der Waals surface area contributed by atoms with Crippen molar-refractivity contribution in [3.8, 4) is 5.75 Å². The van der Waals surface area contributed by atoms with E-state index in [2.05, 4.69) is 31.9 Å². The number of fused-ring (bicyclic) bond motifs is 1. The molecule has 0 saturated carbocycles. The van der Waals surface area contributed by atoms with Gasteiger partial charge in [0.25, 0.3) is 0 Å². The van der Waals surface area contributed by atoms with Crippen LogP contribution < -0.4 is 9.12 Å². The van der Waals surface area contributed by atoms with Crippen LogP contribution in [0.15, 0.2) is 59.5 Å². The highest BCUT2D eigenvalue weighted by atomic mass is 79.9. The lowest BCUT2D eigenvalue weighted by atomic mass is 10.3. The van der Waals surface area contributed by atoms with E-state index >= 15 is 0 Å². The molecule has 0 N–H and O–H groups in total. The van der Waals surface area contributed by atoms with Crippen LogP contribution in [-0.2, 0) is 10.1 Å². The Kier molecular flexibility index (Phi) is 4.15. The van der Waals surface area contributed by atoms with Crippen LogP contribution >= 0.6 is 43.2 Å². The van der Waals surface area contributed by atoms with E-state index in [1.54, 1.807) is 18.2 Å². The minimum absolute atomic E-state index is 0.0364. The molecule has 0 aliphatic rings. The summed E-state index contributed by atoms with van der Waals surface area (Å²) in [6.07, 6.45) is 0. The van der Waals surface area contributed by atoms with E-state index in [0.29, 0.717) is 19.2 Å². The van der Waals surface area contributed by atoms with Crippen molar-refractivity contribution in [2.24, 2.45) is 0 Å². The molecule has 3 aromatic rings. The van der Waals surface area contributed by atoms with Crippen molar-refractivity contribution in [2.75, 3.05) is 0 Å². The summed E-state index contributed by atoms with van der Waals surface area (Å²) in [4.78, 5) is 10.9. The molecule has 5 nitrogen and oxygen atoms in total. The Balaban J connectivity index is 2.13. The molecule has 0 aliphatic heterocycles. The Bertz CT molecular complexity index is 1010. The number of benzene rings is 2. The van der Waals surface area contributed by atoms with Crippen molar-refractivity contribution in [3.63, 3.8) is 0 Å². The first-order valence-corrected chi connectivity index (χ1v) is 9.61. The molecule has 1 heterocycles. The lowest BCUT2D eigenvalue weighted by molar-refractivity contribution is 0.483. The first-order chi connectivity index (χ1) is 10.4. The molecular weight excluding hydrogens is 460 g/mol. The van der Waals surface area contributed by atoms with Crippen LogP contribution in [0.5, 0.6) is 5.75 Å². The fraction of sp³-hybridized carbons (Fsp3) is 0. The summed E-state index contributed by atoms with van der Waals surface area (Å²) in [6.45, 7) is 0. The van der Waals surface area contributed by atoms with E-state index in [1.807, 2.05) is 0 Å². The molecule has 1 aromatic heterocycles. The Morgan fingerprint density at radius 3 is 2.50 bits per heavy atom. The maximum atomic E-state index is 12.3. The monoisotopic (exact) mass is 464 g/mol. The second-order valence-corrected chi connectivity index (χ2v) is 8.27. The summed E-state index contributed by atoms with van der Waals surface area (Å²) in [6, 6.07) is 9.28. The van der Waals surface area contributed by atoms with Gasteiger partial charge in [0.1, 0.15) is 4.90 Å². The van der Waals surface area contributed by atoms with Gasteiger partial charge in [0.05, 0.1) is 13.6 Å². The van der Waals surface area contributed by atoms with Crippen LogP contribution in [0.1, 0.15) is 0 Å². The molecule has 3 rings (SSSR count). The van der Waals surface area contributed by atoms with Crippen LogP contribution in [0, 0.1) is 0 Å². The van der Waals surface area contributed by atoms with Crippen molar-refractivity contribution in [3.05, 3.63) is 55.1 Å². The van der Waals surface area contributed by atoms with Gasteiger partial charge in [0.15, 0.2) is 11.3 Å². The normalized spacial score (nSPS) is 11.7. The van der Waals surface area contributed by atoms with Crippen molar-refractivity contribution < 1.29 is 17.0 Å². The summed E-state index contributed by atoms with van der Waals surface area (Å²) in [7, 11) is -3.98. The first kappa shape index (κ1) is 15.7. The van der Waals surface area contributed by atoms with Gasteiger partial charge in [-0.25, -0.2) is 4.79 Å². The summed E-state index contributed by atoms with van der Waals surface area (Å²) in [5.41, 5.74) is 0.346. The van der Waals surface area contributed by atoms with Crippen LogP contribution in [0.3, 0.4) is 0 Å². The highest BCUT2D eigenvalue weighted by molar-refractivity contribution is 9.11. The Hall–Kier alpha value is -1.16. The van der Waals surface area contributed by atoms with Crippen LogP contribution in [-0.4, -0.2) is 8.42 Å². The second-order valence-electron chi connectivity index (χ2n) is 4.13. The van der Waals surface area contributed by atoms with Gasteiger partial charge in [-0.15, -0.1) is 0 Å². The van der Waals surface area contributed by atoms with E-state index in [4.69, 9.17) is 8.60 Å². The molecule has 114 valence electrons. The highest BCUT2D eigenvalue weighted by Crippen LogP contribution is 2.42. The van der Waals surface area contributed by atoms with Gasteiger partial charge in [0.2, 0.25) is 0 Å². The van der Waals surface area contributed by atoms with Crippen LogP contribution in [0.25, 0.3) is 10.3 Å². The fourth-order valence-electron chi connectivity index (χ4n) is 1.75. The maximum absolute atomic E-state index is 12.3. The highest BCUT2D eigenvalue weighted by Gasteiger charge is 2.23. The quantitative estimate of drug-likeness (QED) is 0.543. The summed E-state index contributed by atoms with van der Waals surface area (Å²) < 4.78 is 36.0. The molecule has 0 spiro atoms. The molecule has 0 fully saturated rings. The largest absolute Gasteiger partial charge is 0.414 e. The Labute approximate surface area is 145 Å². The summed E-state index contributed by atoms with van der Waals surface area (Å²) >= 11 is 7.35. The van der Waals surface area contributed by atoms with Crippen molar-refractivity contribution in [2.45, 2.75) is 4.90 Å². The van der Waals surface area contributed by atoms with Gasteiger partial charge in [-0.1, -0.05) is 29.5 Å². The average molecular weight is 466 g/mol. The predicted molar refractivity (Wildman–Crippen MR) is 90.0 cm³/mol. The average Bonchev–Trinajstić information content (AvgIpc) is 2.85. The molecule has 0 unspecified atom stereocenters. The molecular formula is C13H6Br2O5S2. The third kappa shape index (κ3) is 2.85. The molecule has 0 aliphatic carbocycles. The molecule has 0 radical (unpaired) electrons. The van der Waals surface area contributed by atoms with E-state index in [-0.39, 0.29) is 10.6 Å². The Morgan fingerprint density at radius 2 is 1.82 bits per heavy atom. The Morgan fingerprint density at radius 1 is 1.14 bits per heavy atom. The summed E-state index contributed by atoms with van der Waals surface area (Å²) in [5, 5.41) is 0. The van der Waals surface area contributed by atoms with Crippen molar-refractivity contribution in [1.29, 1.82) is 0 Å². The summed E-state index contributed by atoms with van der Waals surface area (Å²) in [5.74, 6) is 0.0633. The van der Waals surface area contributed by atoms with E-state index < -0.39 is 15.1 Å². The molecule has 2 aromatic carbocycles. The maximum Gasteiger partial charge on any atom is 0.396 e. The topological polar surface area (TPSA) is 73.6 Å². The van der Waals surface area contributed by atoms with Gasteiger partial charge < -0.3 is 8.60 Å². The lowest BCUT2D eigenvalue weighted by Crippen LogP contribution is -2.10. The molecule has 0 bridgehead atoms. The van der Waals surface area contributed by atoms with Crippen LogP contribution in [0.4, 0.5) is 0 Å². The molecule has 9 heteroatoms. The van der Waals surface area contributed by atoms with Gasteiger partial charge in [-0.2, -0.15) is 8.42 Å². The van der Waals surface area contributed by atoms with Gasteiger partial charge in [0, 0.05) is 6.07 Å². The smallest absolute Gasteiger partial charge is 0.396 e. The number of hydrogen-bond acceptors (Lipinski definition) is 6.